The van der Waals surface area contributed by atoms with Crippen LogP contribution in [-0.4, -0.2) is 105 Å². The van der Waals surface area contributed by atoms with Gasteiger partial charge in [0.1, 0.15) is 11.6 Å². The third-order valence-electron chi connectivity index (χ3n) is 13.0. The molecule has 11 rings (SSSR count). The number of ether oxygens (including phenoxy) is 2. The van der Waals surface area contributed by atoms with Crippen molar-refractivity contribution in [1.82, 2.24) is 30.0 Å². The van der Waals surface area contributed by atoms with Gasteiger partial charge in [-0.2, -0.15) is 0 Å². The Hall–Kier alpha value is -6.90. The number of hydrogen-bond donors (Lipinski definition) is 2. The molecule has 5 aliphatic rings. The summed E-state index contributed by atoms with van der Waals surface area (Å²) in [7, 11) is 0. The van der Waals surface area contributed by atoms with Crippen LogP contribution in [0.4, 0.5) is 32.6 Å². The van der Waals surface area contributed by atoms with E-state index < -0.39 is 6.03 Å². The fraction of sp³-hybridized carbons (Fsp3) is 0.333. The molecule has 14 nitrogen and oxygen atoms in total. The monoisotopic (exact) mass is 868 g/mol. The highest BCUT2D eigenvalue weighted by Gasteiger charge is 2.39. The average Bonchev–Trinajstić information content (AvgIpc) is 4.06. The number of urea groups is 2. The van der Waals surface area contributed by atoms with Crippen molar-refractivity contribution in [3.63, 3.8) is 0 Å². The molecule has 4 aromatic carbocycles. The first-order valence-corrected chi connectivity index (χ1v) is 23.0. The summed E-state index contributed by atoms with van der Waals surface area (Å²) in [4.78, 5) is 52.7. The van der Waals surface area contributed by atoms with Gasteiger partial charge in [-0.3, -0.25) is 0 Å². The predicted octanol–water partition coefficient (Wildman–Crippen LogP) is 9.14. The second kappa shape index (κ2) is 17.6. The molecule has 2 aromatic heterocycles. The number of nitrogens with zero attached hydrogens (tertiary/aromatic N) is 8. The lowest BCUT2D eigenvalue weighted by atomic mass is 10.1. The molecule has 2 N–H and O–H groups in total. The van der Waals surface area contributed by atoms with Gasteiger partial charge in [0.2, 0.25) is 0 Å². The largest absolute Gasteiger partial charge is 0.371 e. The minimum absolute atomic E-state index is 0.0878. The van der Waals surface area contributed by atoms with Crippen LogP contribution in [0.1, 0.15) is 45.4 Å². The molecular formula is C51H52N10O4. The van der Waals surface area contributed by atoms with Crippen LogP contribution >= 0.6 is 0 Å². The quantitative estimate of drug-likeness (QED) is 0.128. The van der Waals surface area contributed by atoms with Crippen molar-refractivity contribution in [2.24, 2.45) is 0 Å². The summed E-state index contributed by atoms with van der Waals surface area (Å²) < 4.78 is 12.2. The minimum atomic E-state index is -0.399. The van der Waals surface area contributed by atoms with Crippen LogP contribution in [0.3, 0.4) is 0 Å². The molecule has 4 bridgehead atoms. The van der Waals surface area contributed by atoms with Gasteiger partial charge >= 0.3 is 12.1 Å². The molecule has 0 spiro atoms. The first-order chi connectivity index (χ1) is 31.9. The summed E-state index contributed by atoms with van der Waals surface area (Å²) in [5.74, 6) is 2.98. The Balaban J connectivity index is 0.784. The van der Waals surface area contributed by atoms with Crippen molar-refractivity contribution in [2.75, 3.05) is 53.2 Å². The van der Waals surface area contributed by atoms with E-state index in [1.54, 1.807) is 5.01 Å². The molecule has 4 aliphatic heterocycles. The number of morpholine rings is 2. The molecule has 14 heteroatoms. The smallest absolute Gasteiger partial charge is 0.341 e. The molecule has 5 fully saturated rings. The Bertz CT molecular complexity index is 2640. The second-order valence-corrected chi connectivity index (χ2v) is 17.6. The standard InChI is InChI=1S/C51H52N10O4/c1-2-60(50(62)52-37-17-13-35(14-18-37)48-54-44(33-9-5-3-6-10-33)27-46(56-48)58-29-40-23-24-41(30-58)64-40)61(39-21-22-39)51(63)53-38-19-15-36(16-20-38)49-55-45(34-11-7-4-8-12-34)28-47(57-49)59-31-42-25-26-43(32-59)65-42/h3-20,27-28,39-43H,2,21-26,29-32H2,1H3,(H,52,62)(H,53,63). The SMILES string of the molecule is CCN(C(=O)Nc1ccc(-c2nc(-c3ccccc3)cc(N3CC4CCC(C3)O4)n2)cc1)N(C(=O)Nc1ccc(-c2nc(-c3ccccc3)cc(N3CC4CCC(C3)O4)n2)cc1)C1CC1. The Morgan fingerprint density at radius 2 is 0.954 bits per heavy atom. The third-order valence-corrected chi connectivity index (χ3v) is 13.0. The summed E-state index contributed by atoms with van der Waals surface area (Å²) in [6, 6.07) is 38.7. The topological polar surface area (TPSA) is 141 Å². The number of hydrogen-bond acceptors (Lipinski definition) is 10. The molecule has 6 aromatic rings. The van der Waals surface area contributed by atoms with Gasteiger partial charge in [0.05, 0.1) is 41.8 Å². The van der Waals surface area contributed by atoms with Gasteiger partial charge < -0.3 is 29.9 Å². The summed E-state index contributed by atoms with van der Waals surface area (Å²) in [5, 5.41) is 9.10. The zero-order chi connectivity index (χ0) is 43.9. The minimum Gasteiger partial charge on any atom is -0.371 e. The van der Waals surface area contributed by atoms with Gasteiger partial charge in [0.25, 0.3) is 0 Å². The van der Waals surface area contributed by atoms with Crippen LogP contribution in [0.25, 0.3) is 45.3 Å². The van der Waals surface area contributed by atoms with Crippen LogP contribution in [0.2, 0.25) is 0 Å². The zero-order valence-corrected chi connectivity index (χ0v) is 36.4. The van der Waals surface area contributed by atoms with E-state index >= 15 is 0 Å². The maximum atomic E-state index is 14.0. The summed E-state index contributed by atoms with van der Waals surface area (Å²) >= 11 is 0. The number of benzene rings is 4. The number of carbonyl (C=O) groups is 2. The van der Waals surface area contributed by atoms with E-state index in [2.05, 4.69) is 56.8 Å². The number of nitrogens with one attached hydrogen (secondary N) is 2. The van der Waals surface area contributed by atoms with E-state index in [-0.39, 0.29) is 36.5 Å². The van der Waals surface area contributed by atoms with Crippen molar-refractivity contribution >= 4 is 35.1 Å². The molecule has 6 heterocycles. The molecule has 0 radical (unpaired) electrons. The third kappa shape index (κ3) is 8.83. The van der Waals surface area contributed by atoms with Crippen molar-refractivity contribution in [3.8, 4) is 45.3 Å². The maximum absolute atomic E-state index is 14.0. The summed E-state index contributed by atoms with van der Waals surface area (Å²) in [5.41, 5.74) is 6.59. The molecule has 4 saturated heterocycles. The average molecular weight is 869 g/mol. The molecule has 4 atom stereocenters. The van der Waals surface area contributed by atoms with Gasteiger partial charge in [-0.15, -0.1) is 0 Å². The van der Waals surface area contributed by atoms with Crippen LogP contribution in [0.5, 0.6) is 0 Å². The molecule has 330 valence electrons. The first kappa shape index (κ1) is 40.8. The predicted molar refractivity (Wildman–Crippen MR) is 251 cm³/mol. The van der Waals surface area contributed by atoms with Gasteiger partial charge in [0.15, 0.2) is 11.6 Å². The summed E-state index contributed by atoms with van der Waals surface area (Å²) in [6.45, 7) is 5.38. The van der Waals surface area contributed by atoms with E-state index in [0.717, 1.165) is 110 Å². The van der Waals surface area contributed by atoms with E-state index in [1.807, 2.05) is 91.9 Å². The Morgan fingerprint density at radius 1 is 0.538 bits per heavy atom. The van der Waals surface area contributed by atoms with Gasteiger partial charge in [-0.1, -0.05) is 60.7 Å². The lowest BCUT2D eigenvalue weighted by molar-refractivity contribution is 0.0300. The fourth-order valence-electron chi connectivity index (χ4n) is 9.53. The van der Waals surface area contributed by atoms with E-state index in [9.17, 15) is 9.59 Å². The van der Waals surface area contributed by atoms with Crippen molar-refractivity contribution in [1.29, 1.82) is 0 Å². The fourth-order valence-corrected chi connectivity index (χ4v) is 9.53. The van der Waals surface area contributed by atoms with E-state index in [4.69, 9.17) is 29.4 Å². The molecule has 1 aliphatic carbocycles. The number of amides is 4. The second-order valence-electron chi connectivity index (χ2n) is 17.6. The highest BCUT2D eigenvalue weighted by Crippen LogP contribution is 2.35. The normalized spacial score (nSPS) is 20.9. The maximum Gasteiger partial charge on any atom is 0.341 e. The number of carbonyl (C=O) groups excluding carboxylic acids is 2. The number of aromatic nitrogens is 4. The Labute approximate surface area is 378 Å². The van der Waals surface area contributed by atoms with Gasteiger partial charge in [-0.25, -0.2) is 39.5 Å². The lowest BCUT2D eigenvalue weighted by Crippen LogP contribution is -2.53. The Morgan fingerprint density at radius 3 is 1.35 bits per heavy atom. The molecular weight excluding hydrogens is 817 g/mol. The van der Waals surface area contributed by atoms with E-state index in [1.165, 1.54) is 5.01 Å². The van der Waals surface area contributed by atoms with Crippen molar-refractivity contribution < 1.29 is 19.1 Å². The van der Waals surface area contributed by atoms with Gasteiger partial charge in [-0.05, 0) is 94.0 Å². The molecule has 4 amide bonds. The molecule has 4 unspecified atom stereocenters. The van der Waals surface area contributed by atoms with Crippen LogP contribution in [-0.2, 0) is 9.47 Å². The molecule has 1 saturated carbocycles. The van der Waals surface area contributed by atoms with Gasteiger partial charge in [0, 0.05) is 78.5 Å². The lowest BCUT2D eigenvalue weighted by Gasteiger charge is -2.34. The zero-order valence-electron chi connectivity index (χ0n) is 36.4. The van der Waals surface area contributed by atoms with Crippen molar-refractivity contribution in [3.05, 3.63) is 121 Å². The first-order valence-electron chi connectivity index (χ1n) is 23.0. The van der Waals surface area contributed by atoms with Crippen LogP contribution in [0, 0.1) is 0 Å². The van der Waals surface area contributed by atoms with Crippen molar-refractivity contribution in [2.45, 2.75) is 75.9 Å². The number of hydrazine groups is 1. The summed E-state index contributed by atoms with van der Waals surface area (Å²) in [6.07, 6.45) is 6.81. The van der Waals surface area contributed by atoms with E-state index in [0.29, 0.717) is 29.6 Å². The number of fused-ring (bicyclic) bond motifs is 4. The number of rotatable bonds is 10. The van der Waals surface area contributed by atoms with Crippen LogP contribution < -0.4 is 20.4 Å². The highest BCUT2D eigenvalue weighted by molar-refractivity contribution is 5.95. The highest BCUT2D eigenvalue weighted by atomic mass is 16.5. The van der Waals surface area contributed by atoms with Crippen LogP contribution in [0.15, 0.2) is 121 Å². The molecule has 65 heavy (non-hydrogen) atoms. The Kier molecular flexibility index (Phi) is 11.0. The number of anilines is 4.